The van der Waals surface area contributed by atoms with Gasteiger partial charge in [0.25, 0.3) is 5.91 Å². The number of benzene rings is 2. The first-order valence-corrected chi connectivity index (χ1v) is 11.8. The number of amides is 1. The van der Waals surface area contributed by atoms with E-state index in [0.717, 1.165) is 39.9 Å². The third-order valence-corrected chi connectivity index (χ3v) is 7.02. The molecular weight excluding hydrogens is 464 g/mol. The molecule has 1 fully saturated rings. The second-order valence-corrected chi connectivity index (χ2v) is 9.44. The zero-order chi connectivity index (χ0) is 24.7. The highest BCUT2D eigenvalue weighted by Crippen LogP contribution is 2.38. The number of pyridine rings is 1. The topological polar surface area (TPSA) is 81.7 Å². The number of methoxy groups -OCH3 is 1. The summed E-state index contributed by atoms with van der Waals surface area (Å²) in [6.07, 6.45) is 4.54. The predicted octanol–water partition coefficient (Wildman–Crippen LogP) is 5.04. The summed E-state index contributed by atoms with van der Waals surface area (Å²) in [5, 5.41) is 11.7. The molecule has 4 aromatic rings. The van der Waals surface area contributed by atoms with Crippen LogP contribution in [0.1, 0.15) is 16.8 Å². The number of carbonyl (C=O) groups excluding carboxylic acids is 1. The van der Waals surface area contributed by atoms with Crippen LogP contribution in [-0.4, -0.2) is 71.1 Å². The molecule has 0 radical (unpaired) electrons. The Bertz CT molecular complexity index is 1420. The fraction of sp³-hybridized carbons (Fsp3) is 0.259. The van der Waals surface area contributed by atoms with Crippen LogP contribution in [0.4, 0.5) is 0 Å². The van der Waals surface area contributed by atoms with Gasteiger partial charge in [-0.15, -0.1) is 0 Å². The summed E-state index contributed by atoms with van der Waals surface area (Å²) in [6.45, 7) is 1.26. The van der Waals surface area contributed by atoms with Gasteiger partial charge in [-0.05, 0) is 50.3 Å². The number of likely N-dealkylation sites (tertiary alicyclic amines) is 1. The number of fused-ring (bicyclic) bond motifs is 1. The second kappa shape index (κ2) is 9.24. The van der Waals surface area contributed by atoms with Crippen LogP contribution >= 0.6 is 11.6 Å². The molecule has 7 nitrogen and oxygen atoms in total. The Morgan fingerprint density at radius 3 is 2.74 bits per heavy atom. The third kappa shape index (κ3) is 4.22. The van der Waals surface area contributed by atoms with Gasteiger partial charge in [-0.25, -0.2) is 4.98 Å². The molecule has 2 N–H and O–H groups in total. The third-order valence-electron chi connectivity index (χ3n) is 6.74. The van der Waals surface area contributed by atoms with Gasteiger partial charge in [-0.3, -0.25) is 4.79 Å². The van der Waals surface area contributed by atoms with Crippen LogP contribution in [0.15, 0.2) is 54.9 Å². The minimum Gasteiger partial charge on any atom is -0.506 e. The molecule has 1 aliphatic heterocycles. The number of likely N-dealkylation sites (N-methyl/N-ethyl adjacent to an activating group) is 1. The Balaban J connectivity index is 1.55. The number of hydrogen-bond acceptors (Lipinski definition) is 5. The summed E-state index contributed by atoms with van der Waals surface area (Å²) in [4.78, 5) is 25.0. The number of para-hydroxylation sites is 1. The lowest BCUT2D eigenvalue weighted by Crippen LogP contribution is -2.34. The smallest absolute Gasteiger partial charge is 0.257 e. The number of aromatic amines is 1. The first-order chi connectivity index (χ1) is 16.9. The molecule has 0 aliphatic carbocycles. The highest BCUT2D eigenvalue weighted by atomic mass is 35.5. The Morgan fingerprint density at radius 1 is 1.20 bits per heavy atom. The van der Waals surface area contributed by atoms with E-state index in [1.807, 2.05) is 50.6 Å². The fourth-order valence-electron chi connectivity index (χ4n) is 4.70. The number of nitrogens with zero attached hydrogens (tertiary/aromatic N) is 3. The number of phenols is 1. The number of carbonyl (C=O) groups is 1. The van der Waals surface area contributed by atoms with Gasteiger partial charge in [0, 0.05) is 53.6 Å². The minimum atomic E-state index is -0.221. The van der Waals surface area contributed by atoms with E-state index in [0.29, 0.717) is 24.7 Å². The number of hydrogen-bond donors (Lipinski definition) is 2. The van der Waals surface area contributed by atoms with Crippen molar-refractivity contribution >= 4 is 28.5 Å². The van der Waals surface area contributed by atoms with Crippen molar-refractivity contribution in [1.29, 1.82) is 0 Å². The highest BCUT2D eigenvalue weighted by molar-refractivity contribution is 6.33. The van der Waals surface area contributed by atoms with Gasteiger partial charge in [0.2, 0.25) is 0 Å². The van der Waals surface area contributed by atoms with Crippen LogP contribution in [0.3, 0.4) is 0 Å². The van der Waals surface area contributed by atoms with Crippen LogP contribution in [0, 0.1) is 0 Å². The number of nitrogens with one attached hydrogen (secondary N) is 1. The Hall–Kier alpha value is -3.55. The summed E-state index contributed by atoms with van der Waals surface area (Å²) in [7, 11) is 5.67. The van der Waals surface area contributed by atoms with Crippen molar-refractivity contribution in [1.82, 2.24) is 19.8 Å². The van der Waals surface area contributed by atoms with Gasteiger partial charge in [-0.2, -0.15) is 0 Å². The Morgan fingerprint density at radius 2 is 2.00 bits per heavy atom. The molecule has 0 spiro atoms. The largest absolute Gasteiger partial charge is 0.506 e. The number of rotatable bonds is 5. The predicted molar refractivity (Wildman–Crippen MR) is 138 cm³/mol. The number of aromatic hydroxyl groups is 1. The number of phenolic OH excluding ortho intramolecular Hbond substituents is 1. The zero-order valence-corrected chi connectivity index (χ0v) is 20.6. The average Bonchev–Trinajstić information content (AvgIpc) is 3.52. The van der Waals surface area contributed by atoms with Gasteiger partial charge < -0.3 is 24.6 Å². The van der Waals surface area contributed by atoms with E-state index in [-0.39, 0.29) is 22.2 Å². The van der Waals surface area contributed by atoms with Crippen LogP contribution in [0.25, 0.3) is 33.3 Å². The van der Waals surface area contributed by atoms with Gasteiger partial charge in [0.05, 0.1) is 17.7 Å². The molecule has 5 rings (SSSR count). The van der Waals surface area contributed by atoms with E-state index >= 15 is 0 Å². The second-order valence-electron chi connectivity index (χ2n) is 9.03. The lowest BCUT2D eigenvalue weighted by Gasteiger charge is -2.21. The van der Waals surface area contributed by atoms with Crippen molar-refractivity contribution in [3.8, 4) is 33.8 Å². The molecule has 3 heterocycles. The van der Waals surface area contributed by atoms with Crippen LogP contribution in [0.5, 0.6) is 11.5 Å². The monoisotopic (exact) mass is 490 g/mol. The lowest BCUT2D eigenvalue weighted by molar-refractivity contribution is 0.0780. The number of halogens is 1. The molecule has 0 bridgehead atoms. The van der Waals surface area contributed by atoms with Crippen LogP contribution < -0.4 is 4.74 Å². The first kappa shape index (κ1) is 23.2. The zero-order valence-electron chi connectivity index (χ0n) is 19.9. The number of ether oxygens (including phenoxy) is 1. The summed E-state index contributed by atoms with van der Waals surface area (Å²) < 4.78 is 5.55. The van der Waals surface area contributed by atoms with Gasteiger partial charge in [0.1, 0.15) is 17.1 Å². The number of aromatic nitrogens is 2. The summed E-state index contributed by atoms with van der Waals surface area (Å²) in [5.41, 5.74) is 4.34. The molecule has 1 saturated heterocycles. The van der Waals surface area contributed by atoms with Gasteiger partial charge in [0.15, 0.2) is 0 Å². The maximum Gasteiger partial charge on any atom is 0.257 e. The van der Waals surface area contributed by atoms with E-state index in [4.69, 9.17) is 16.3 Å². The van der Waals surface area contributed by atoms with Crippen molar-refractivity contribution in [2.45, 2.75) is 12.5 Å². The first-order valence-electron chi connectivity index (χ1n) is 11.5. The lowest BCUT2D eigenvalue weighted by atomic mass is 10.00. The Labute approximate surface area is 208 Å². The Kier molecular flexibility index (Phi) is 6.13. The normalized spacial score (nSPS) is 15.8. The van der Waals surface area contributed by atoms with Crippen molar-refractivity contribution < 1.29 is 14.6 Å². The minimum absolute atomic E-state index is 0.133. The fourth-order valence-corrected chi connectivity index (χ4v) is 4.92. The molecule has 2 aromatic carbocycles. The van der Waals surface area contributed by atoms with E-state index in [2.05, 4.69) is 14.9 Å². The summed E-state index contributed by atoms with van der Waals surface area (Å²) >= 11 is 6.39. The molecule has 35 heavy (non-hydrogen) atoms. The van der Waals surface area contributed by atoms with Crippen LogP contribution in [-0.2, 0) is 0 Å². The molecule has 1 amide bonds. The van der Waals surface area contributed by atoms with Crippen molar-refractivity contribution in [2.24, 2.45) is 0 Å². The molecule has 1 aliphatic rings. The van der Waals surface area contributed by atoms with Crippen molar-refractivity contribution in [3.63, 3.8) is 0 Å². The molecule has 0 saturated carbocycles. The van der Waals surface area contributed by atoms with Gasteiger partial charge >= 0.3 is 0 Å². The standard InChI is InChI=1S/C27H27ClN4O3/c1-31(2)18-8-9-32(15-18)27(34)21-10-16(12-23(28)25(21)33)17-11-20-22(14-30-26(20)29-13-17)19-6-4-5-7-24(19)35-3/h4-7,10-14,18,33H,8-9,15H2,1-3H3,(H,29,30)/t18-/m1/s1. The van der Waals surface area contributed by atoms with E-state index in [1.54, 1.807) is 30.3 Å². The molecule has 0 unspecified atom stereocenters. The van der Waals surface area contributed by atoms with E-state index in [9.17, 15) is 9.90 Å². The number of H-pyrrole nitrogens is 1. The summed E-state index contributed by atoms with van der Waals surface area (Å²) in [5.74, 6) is 0.348. The quantitative estimate of drug-likeness (QED) is 0.409. The molecule has 8 heteroatoms. The van der Waals surface area contributed by atoms with Crippen molar-refractivity contribution in [2.75, 3.05) is 34.3 Å². The summed E-state index contributed by atoms with van der Waals surface area (Å²) in [6, 6.07) is 13.5. The van der Waals surface area contributed by atoms with Crippen LogP contribution in [0.2, 0.25) is 5.02 Å². The highest BCUT2D eigenvalue weighted by Gasteiger charge is 2.30. The average molecular weight is 491 g/mol. The maximum absolute atomic E-state index is 13.3. The van der Waals surface area contributed by atoms with Crippen molar-refractivity contribution in [3.05, 3.63) is 65.4 Å². The molecule has 180 valence electrons. The van der Waals surface area contributed by atoms with E-state index in [1.165, 1.54) is 0 Å². The van der Waals surface area contributed by atoms with E-state index < -0.39 is 0 Å². The van der Waals surface area contributed by atoms with Gasteiger partial charge in [-0.1, -0.05) is 29.8 Å². The molecular formula is C27H27ClN4O3. The maximum atomic E-state index is 13.3. The molecule has 1 atom stereocenters. The SMILES string of the molecule is COc1ccccc1-c1c[nH]c2ncc(-c3cc(Cl)c(O)c(C(=O)N4CC[C@@H](N(C)C)C4)c3)cc12. The molecule has 2 aromatic heterocycles.